The molecule has 0 atom stereocenters. The Morgan fingerprint density at radius 1 is 1.37 bits per heavy atom. The van der Waals surface area contributed by atoms with Crippen LogP contribution in [0.1, 0.15) is 22.8 Å². The molecule has 0 radical (unpaired) electrons. The van der Waals surface area contributed by atoms with E-state index in [4.69, 9.17) is 11.6 Å². The van der Waals surface area contributed by atoms with Crippen molar-refractivity contribution in [2.24, 2.45) is 0 Å². The standard InChI is InChI=1S/C14H17ClN2O2/c1-10(18)16-9-12-8-11(4-5-13(12)15)14(19)6-7-17(2)3/h4-8H,9H2,1-3H3,(H,16,18). The molecule has 1 aromatic rings. The number of hydrogen-bond acceptors (Lipinski definition) is 3. The molecule has 4 nitrogen and oxygen atoms in total. The molecule has 0 heterocycles. The summed E-state index contributed by atoms with van der Waals surface area (Å²) in [5.41, 5.74) is 1.27. The molecule has 0 aliphatic rings. The molecule has 0 saturated heterocycles. The third-order valence-electron chi connectivity index (χ3n) is 2.38. The molecular weight excluding hydrogens is 264 g/mol. The van der Waals surface area contributed by atoms with Crippen molar-refractivity contribution in [1.82, 2.24) is 10.2 Å². The molecular formula is C14H17ClN2O2. The summed E-state index contributed by atoms with van der Waals surface area (Å²) in [4.78, 5) is 24.6. The van der Waals surface area contributed by atoms with Gasteiger partial charge in [-0.3, -0.25) is 9.59 Å². The summed E-state index contributed by atoms with van der Waals surface area (Å²) in [6.45, 7) is 1.75. The molecule has 1 aromatic carbocycles. The van der Waals surface area contributed by atoms with Gasteiger partial charge in [0.2, 0.25) is 5.91 Å². The fraction of sp³-hybridized carbons (Fsp3) is 0.286. The number of benzene rings is 1. The van der Waals surface area contributed by atoms with Crippen molar-refractivity contribution >= 4 is 23.3 Å². The Balaban J connectivity index is 2.89. The van der Waals surface area contributed by atoms with Gasteiger partial charge in [-0.25, -0.2) is 0 Å². The maximum atomic E-state index is 11.9. The summed E-state index contributed by atoms with van der Waals surface area (Å²) in [5.74, 6) is -0.241. The van der Waals surface area contributed by atoms with Crippen LogP contribution in [0.4, 0.5) is 0 Å². The van der Waals surface area contributed by atoms with Crippen LogP contribution in [0, 0.1) is 0 Å². The first-order chi connectivity index (χ1) is 8.90. The Hall–Kier alpha value is -1.81. The average Bonchev–Trinajstić information content (AvgIpc) is 2.34. The van der Waals surface area contributed by atoms with Gasteiger partial charge < -0.3 is 10.2 Å². The van der Waals surface area contributed by atoms with Gasteiger partial charge in [0.25, 0.3) is 0 Å². The molecule has 1 N–H and O–H groups in total. The molecule has 0 unspecified atom stereocenters. The first kappa shape index (κ1) is 15.2. The molecule has 0 fully saturated rings. The van der Waals surface area contributed by atoms with Crippen molar-refractivity contribution < 1.29 is 9.59 Å². The number of nitrogens with zero attached hydrogens (tertiary/aromatic N) is 1. The van der Waals surface area contributed by atoms with Crippen molar-refractivity contribution in [2.45, 2.75) is 13.5 Å². The van der Waals surface area contributed by atoms with Crippen LogP contribution in [0.25, 0.3) is 0 Å². The lowest BCUT2D eigenvalue weighted by molar-refractivity contribution is -0.119. The summed E-state index contributed by atoms with van der Waals surface area (Å²) in [5, 5.41) is 3.19. The smallest absolute Gasteiger partial charge is 0.217 e. The van der Waals surface area contributed by atoms with Gasteiger partial charge in [0.15, 0.2) is 5.78 Å². The van der Waals surface area contributed by atoms with Crippen LogP contribution in [-0.2, 0) is 11.3 Å². The maximum Gasteiger partial charge on any atom is 0.217 e. The maximum absolute atomic E-state index is 11.9. The summed E-state index contributed by atoms with van der Waals surface area (Å²) in [6.07, 6.45) is 3.18. The monoisotopic (exact) mass is 280 g/mol. The van der Waals surface area contributed by atoms with Gasteiger partial charge in [-0.05, 0) is 23.8 Å². The second-order valence-corrected chi connectivity index (χ2v) is 4.77. The Bertz CT molecular complexity index is 510. The predicted octanol–water partition coefficient (Wildman–Crippen LogP) is 2.23. The molecule has 5 heteroatoms. The molecule has 0 spiro atoms. The van der Waals surface area contributed by atoms with E-state index < -0.39 is 0 Å². The summed E-state index contributed by atoms with van der Waals surface area (Å²) < 4.78 is 0. The van der Waals surface area contributed by atoms with Gasteiger partial charge in [-0.2, -0.15) is 0 Å². The zero-order chi connectivity index (χ0) is 14.4. The number of allylic oxidation sites excluding steroid dienone is 1. The van der Waals surface area contributed by atoms with Gasteiger partial charge in [0.1, 0.15) is 0 Å². The Morgan fingerprint density at radius 3 is 2.63 bits per heavy atom. The van der Waals surface area contributed by atoms with Crippen LogP contribution in [0.15, 0.2) is 30.5 Å². The van der Waals surface area contributed by atoms with Crippen LogP contribution in [0.2, 0.25) is 5.02 Å². The highest BCUT2D eigenvalue weighted by atomic mass is 35.5. The summed E-state index contributed by atoms with van der Waals surface area (Å²) >= 11 is 6.02. The molecule has 0 aliphatic heterocycles. The lowest BCUT2D eigenvalue weighted by Gasteiger charge is -2.07. The van der Waals surface area contributed by atoms with E-state index in [2.05, 4.69) is 5.32 Å². The van der Waals surface area contributed by atoms with Crippen molar-refractivity contribution in [2.75, 3.05) is 14.1 Å². The molecule has 19 heavy (non-hydrogen) atoms. The van der Waals surface area contributed by atoms with Crippen LogP contribution in [0.5, 0.6) is 0 Å². The third kappa shape index (κ3) is 5.14. The molecule has 0 bridgehead atoms. The zero-order valence-electron chi connectivity index (χ0n) is 11.2. The third-order valence-corrected chi connectivity index (χ3v) is 2.75. The topological polar surface area (TPSA) is 49.4 Å². The largest absolute Gasteiger partial charge is 0.383 e. The van der Waals surface area contributed by atoms with E-state index in [0.717, 1.165) is 5.56 Å². The van der Waals surface area contributed by atoms with E-state index in [1.807, 2.05) is 14.1 Å². The highest BCUT2D eigenvalue weighted by Crippen LogP contribution is 2.18. The molecule has 0 aromatic heterocycles. The van der Waals surface area contributed by atoms with Crippen molar-refractivity contribution in [1.29, 1.82) is 0 Å². The number of nitrogens with one attached hydrogen (secondary N) is 1. The van der Waals surface area contributed by atoms with E-state index in [0.29, 0.717) is 17.1 Å². The Morgan fingerprint density at radius 2 is 2.05 bits per heavy atom. The SMILES string of the molecule is CC(=O)NCc1cc(C(=O)C=CN(C)C)ccc1Cl. The first-order valence-electron chi connectivity index (χ1n) is 5.82. The quantitative estimate of drug-likeness (QED) is 0.665. The van der Waals surface area contributed by atoms with Gasteiger partial charge in [-0.1, -0.05) is 11.6 Å². The number of amides is 1. The van der Waals surface area contributed by atoms with Gasteiger partial charge in [0, 0.05) is 50.4 Å². The highest BCUT2D eigenvalue weighted by molar-refractivity contribution is 6.31. The number of hydrogen-bond donors (Lipinski definition) is 1. The normalized spacial score (nSPS) is 10.5. The second kappa shape index (κ2) is 6.95. The number of rotatable bonds is 5. The van der Waals surface area contributed by atoms with Crippen molar-refractivity contribution in [3.05, 3.63) is 46.6 Å². The number of carbonyl (C=O) groups excluding carboxylic acids is 2. The van der Waals surface area contributed by atoms with Crippen molar-refractivity contribution in [3.8, 4) is 0 Å². The van der Waals surface area contributed by atoms with Gasteiger partial charge in [-0.15, -0.1) is 0 Å². The lowest BCUT2D eigenvalue weighted by atomic mass is 10.1. The Kier molecular flexibility index (Phi) is 5.57. The second-order valence-electron chi connectivity index (χ2n) is 4.36. The highest BCUT2D eigenvalue weighted by Gasteiger charge is 2.07. The molecule has 1 amide bonds. The average molecular weight is 281 g/mol. The molecule has 1 rings (SSSR count). The van der Waals surface area contributed by atoms with E-state index in [1.165, 1.54) is 13.0 Å². The number of ketones is 1. The van der Waals surface area contributed by atoms with Crippen molar-refractivity contribution in [3.63, 3.8) is 0 Å². The fourth-order valence-electron chi connectivity index (χ4n) is 1.40. The van der Waals surface area contributed by atoms with Crippen LogP contribution in [-0.4, -0.2) is 30.7 Å². The molecule has 0 aliphatic carbocycles. The number of carbonyl (C=O) groups is 2. The number of halogens is 1. The summed E-state index contributed by atoms with van der Waals surface area (Å²) in [7, 11) is 3.68. The summed E-state index contributed by atoms with van der Waals surface area (Å²) in [6, 6.07) is 5.03. The minimum absolute atomic E-state index is 0.102. The van der Waals surface area contributed by atoms with Crippen LogP contribution >= 0.6 is 11.6 Å². The van der Waals surface area contributed by atoms with Gasteiger partial charge in [0.05, 0.1) is 0 Å². The van der Waals surface area contributed by atoms with Gasteiger partial charge >= 0.3 is 0 Å². The zero-order valence-corrected chi connectivity index (χ0v) is 12.0. The predicted molar refractivity (Wildman–Crippen MR) is 76.1 cm³/mol. The lowest BCUT2D eigenvalue weighted by Crippen LogP contribution is -2.19. The van der Waals surface area contributed by atoms with Crippen LogP contribution < -0.4 is 5.32 Å². The van der Waals surface area contributed by atoms with E-state index >= 15 is 0 Å². The minimum Gasteiger partial charge on any atom is -0.383 e. The Labute approximate surface area is 118 Å². The minimum atomic E-state index is -0.139. The first-order valence-corrected chi connectivity index (χ1v) is 6.19. The van der Waals surface area contributed by atoms with E-state index in [9.17, 15) is 9.59 Å². The van der Waals surface area contributed by atoms with E-state index in [-0.39, 0.29) is 11.7 Å². The van der Waals surface area contributed by atoms with Crippen LogP contribution in [0.3, 0.4) is 0 Å². The molecule has 102 valence electrons. The molecule has 0 saturated carbocycles. The van der Waals surface area contributed by atoms with E-state index in [1.54, 1.807) is 29.3 Å². The fourth-order valence-corrected chi connectivity index (χ4v) is 1.58.